The molecule has 154 valence electrons. The molecule has 0 bridgehead atoms. The Morgan fingerprint density at radius 2 is 1.79 bits per heavy atom. The summed E-state index contributed by atoms with van der Waals surface area (Å²) >= 11 is 12.0. The van der Waals surface area contributed by atoms with E-state index in [-0.39, 0.29) is 16.5 Å². The van der Waals surface area contributed by atoms with Crippen LogP contribution in [-0.2, 0) is 10.0 Å². The molecule has 8 nitrogen and oxygen atoms in total. The quantitative estimate of drug-likeness (QED) is 0.531. The average molecular weight is 455 g/mol. The number of hydrogen-bond acceptors (Lipinski definition) is 6. The third-order valence-corrected chi connectivity index (χ3v) is 6.46. The van der Waals surface area contributed by atoms with E-state index in [1.807, 2.05) is 17.7 Å². The Kier molecular flexibility index (Phi) is 6.42. The molecular formula is C18H20Cl2N6O2S. The summed E-state index contributed by atoms with van der Waals surface area (Å²) in [7, 11) is -3.77. The van der Waals surface area contributed by atoms with Crippen molar-refractivity contribution in [2.75, 3.05) is 18.4 Å². The summed E-state index contributed by atoms with van der Waals surface area (Å²) in [6.07, 6.45) is 3.51. The molecule has 0 aliphatic rings. The highest BCUT2D eigenvalue weighted by atomic mass is 35.5. The Bertz CT molecular complexity index is 1150. The number of hydrogen-bond donors (Lipinski definition) is 2. The Morgan fingerprint density at radius 1 is 1.03 bits per heavy atom. The molecule has 11 heteroatoms. The number of sulfonamides is 1. The van der Waals surface area contributed by atoms with Crippen molar-refractivity contribution < 1.29 is 8.42 Å². The summed E-state index contributed by atoms with van der Waals surface area (Å²) in [5.41, 5.74) is 0.633. The molecule has 0 amide bonds. The molecule has 0 saturated heterocycles. The molecule has 0 atom stereocenters. The van der Waals surface area contributed by atoms with Crippen LogP contribution in [0, 0.1) is 20.8 Å². The van der Waals surface area contributed by atoms with Crippen LogP contribution in [0.2, 0.25) is 10.0 Å². The van der Waals surface area contributed by atoms with Gasteiger partial charge in [0.05, 0.1) is 5.02 Å². The molecule has 3 rings (SSSR count). The summed E-state index contributed by atoms with van der Waals surface area (Å²) in [5.74, 6) is 2.65. The second kappa shape index (κ2) is 8.66. The minimum atomic E-state index is -3.77. The molecule has 0 fully saturated rings. The standard InChI is InChI=1S/C18H20Cl2N6O2S/c1-11-8-16(15(20)9-14(11)19)29(27,28)23-5-4-22-17-10-18(25-12(2)24-17)26-7-6-21-13(26)3/h6-10,23H,4-5H2,1-3H3,(H,22,24,25). The van der Waals surface area contributed by atoms with E-state index < -0.39 is 10.0 Å². The molecule has 2 heterocycles. The van der Waals surface area contributed by atoms with Gasteiger partial charge in [0.25, 0.3) is 0 Å². The molecular weight excluding hydrogens is 435 g/mol. The van der Waals surface area contributed by atoms with Crippen molar-refractivity contribution in [2.45, 2.75) is 25.7 Å². The zero-order chi connectivity index (χ0) is 21.2. The smallest absolute Gasteiger partial charge is 0.242 e. The lowest BCUT2D eigenvalue weighted by molar-refractivity contribution is 0.583. The van der Waals surface area contributed by atoms with Crippen LogP contribution in [0.1, 0.15) is 17.2 Å². The molecule has 0 aliphatic carbocycles. The van der Waals surface area contributed by atoms with Gasteiger partial charge in [-0.25, -0.2) is 28.1 Å². The Labute approximate surface area is 179 Å². The van der Waals surface area contributed by atoms with Gasteiger partial charge in [-0.15, -0.1) is 0 Å². The summed E-state index contributed by atoms with van der Waals surface area (Å²) < 4.78 is 29.4. The third kappa shape index (κ3) is 5.05. The van der Waals surface area contributed by atoms with Gasteiger partial charge < -0.3 is 5.32 Å². The van der Waals surface area contributed by atoms with Gasteiger partial charge in [-0.1, -0.05) is 23.2 Å². The van der Waals surface area contributed by atoms with Crippen molar-refractivity contribution in [3.05, 3.63) is 57.9 Å². The van der Waals surface area contributed by atoms with Crippen LogP contribution >= 0.6 is 23.2 Å². The molecule has 1 aromatic carbocycles. The third-order valence-electron chi connectivity index (χ3n) is 4.12. The zero-order valence-electron chi connectivity index (χ0n) is 16.1. The van der Waals surface area contributed by atoms with Crippen molar-refractivity contribution in [1.82, 2.24) is 24.2 Å². The summed E-state index contributed by atoms with van der Waals surface area (Å²) in [5, 5.41) is 3.59. The van der Waals surface area contributed by atoms with Gasteiger partial charge in [-0.2, -0.15) is 0 Å². The van der Waals surface area contributed by atoms with E-state index in [2.05, 4.69) is 25.0 Å². The van der Waals surface area contributed by atoms with Crippen molar-refractivity contribution in [2.24, 2.45) is 0 Å². The van der Waals surface area contributed by atoms with Crippen LogP contribution in [0.3, 0.4) is 0 Å². The summed E-state index contributed by atoms with van der Waals surface area (Å²) in [4.78, 5) is 12.9. The first-order valence-corrected chi connectivity index (χ1v) is 11.0. The minimum absolute atomic E-state index is 0.00295. The highest BCUT2D eigenvalue weighted by Gasteiger charge is 2.19. The second-order valence-corrected chi connectivity index (χ2v) is 8.91. The van der Waals surface area contributed by atoms with E-state index in [9.17, 15) is 8.42 Å². The van der Waals surface area contributed by atoms with Gasteiger partial charge in [-0.3, -0.25) is 4.57 Å². The van der Waals surface area contributed by atoms with Gasteiger partial charge in [0, 0.05) is 36.6 Å². The predicted molar refractivity (Wildman–Crippen MR) is 114 cm³/mol. The van der Waals surface area contributed by atoms with Gasteiger partial charge >= 0.3 is 0 Å². The molecule has 0 saturated carbocycles. The Balaban J connectivity index is 1.66. The molecule has 0 aliphatic heterocycles. The number of aryl methyl sites for hydroxylation is 3. The number of halogens is 2. The number of nitrogens with zero attached hydrogens (tertiary/aromatic N) is 4. The number of aromatic nitrogens is 4. The average Bonchev–Trinajstić information content (AvgIpc) is 3.07. The van der Waals surface area contributed by atoms with Crippen LogP contribution in [0.25, 0.3) is 5.82 Å². The van der Waals surface area contributed by atoms with Crippen molar-refractivity contribution in [3.63, 3.8) is 0 Å². The highest BCUT2D eigenvalue weighted by molar-refractivity contribution is 7.89. The maximum atomic E-state index is 12.5. The maximum absolute atomic E-state index is 12.5. The Morgan fingerprint density at radius 3 is 2.48 bits per heavy atom. The number of nitrogens with one attached hydrogen (secondary N) is 2. The lowest BCUT2D eigenvalue weighted by Gasteiger charge is -2.12. The summed E-state index contributed by atoms with van der Waals surface area (Å²) in [6, 6.07) is 4.65. The lowest BCUT2D eigenvalue weighted by atomic mass is 10.2. The molecule has 0 spiro atoms. The molecule has 0 unspecified atom stereocenters. The number of rotatable bonds is 7. The zero-order valence-corrected chi connectivity index (χ0v) is 18.4. The molecule has 0 radical (unpaired) electrons. The largest absolute Gasteiger partial charge is 0.369 e. The van der Waals surface area contributed by atoms with Gasteiger partial charge in [-0.05, 0) is 38.5 Å². The van der Waals surface area contributed by atoms with Gasteiger partial charge in [0.15, 0.2) is 0 Å². The first-order valence-electron chi connectivity index (χ1n) is 8.72. The van der Waals surface area contributed by atoms with Crippen LogP contribution in [-0.4, -0.2) is 41.0 Å². The van der Waals surface area contributed by atoms with Crippen molar-refractivity contribution in [3.8, 4) is 5.82 Å². The van der Waals surface area contributed by atoms with Crippen molar-refractivity contribution in [1.29, 1.82) is 0 Å². The Hall–Kier alpha value is -2.20. The van der Waals surface area contributed by atoms with E-state index in [1.165, 1.54) is 12.1 Å². The maximum Gasteiger partial charge on any atom is 0.242 e. The molecule has 29 heavy (non-hydrogen) atoms. The van der Waals surface area contributed by atoms with Crippen LogP contribution < -0.4 is 10.0 Å². The lowest BCUT2D eigenvalue weighted by Crippen LogP contribution is -2.29. The SMILES string of the molecule is Cc1nc(NCCNS(=O)(=O)c2cc(C)c(Cl)cc2Cl)cc(-n2ccnc2C)n1. The number of benzene rings is 1. The van der Waals surface area contributed by atoms with E-state index in [0.717, 1.165) is 5.82 Å². The number of anilines is 1. The van der Waals surface area contributed by atoms with Gasteiger partial charge in [0.2, 0.25) is 10.0 Å². The van der Waals surface area contributed by atoms with E-state index in [1.54, 1.807) is 26.1 Å². The first-order chi connectivity index (χ1) is 13.7. The fourth-order valence-electron chi connectivity index (χ4n) is 2.68. The second-order valence-electron chi connectivity index (χ2n) is 6.36. The van der Waals surface area contributed by atoms with Crippen LogP contribution in [0.15, 0.2) is 35.5 Å². The highest BCUT2D eigenvalue weighted by Crippen LogP contribution is 2.28. The normalized spacial score (nSPS) is 11.6. The predicted octanol–water partition coefficient (Wildman–Crippen LogP) is 3.28. The topological polar surface area (TPSA) is 102 Å². The molecule has 3 aromatic rings. The van der Waals surface area contributed by atoms with Gasteiger partial charge in [0.1, 0.15) is 28.2 Å². The van der Waals surface area contributed by atoms with E-state index in [4.69, 9.17) is 23.2 Å². The molecule has 2 aromatic heterocycles. The van der Waals surface area contributed by atoms with E-state index in [0.29, 0.717) is 34.6 Å². The minimum Gasteiger partial charge on any atom is -0.369 e. The van der Waals surface area contributed by atoms with Crippen molar-refractivity contribution >= 4 is 39.0 Å². The summed E-state index contributed by atoms with van der Waals surface area (Å²) in [6.45, 7) is 5.85. The monoisotopic (exact) mass is 454 g/mol. The fraction of sp³-hybridized carbons (Fsp3) is 0.278. The van der Waals surface area contributed by atoms with Crippen LogP contribution in [0.5, 0.6) is 0 Å². The molecule has 2 N–H and O–H groups in total. The fourth-order valence-corrected chi connectivity index (χ4v) is 4.54. The first kappa shape index (κ1) is 21.5. The van der Waals surface area contributed by atoms with Crippen LogP contribution in [0.4, 0.5) is 5.82 Å². The number of imidazole rings is 1. The van der Waals surface area contributed by atoms with E-state index >= 15 is 0 Å².